The largest absolute Gasteiger partial charge is 0.312 e. The Morgan fingerprint density at radius 3 is 2.74 bits per heavy atom. The fraction of sp³-hybridized carbons (Fsp3) is 0.158. The van der Waals surface area contributed by atoms with Gasteiger partial charge in [-0.25, -0.2) is 0 Å². The maximum Gasteiger partial charge on any atom is 0.257 e. The van der Waals surface area contributed by atoms with Gasteiger partial charge >= 0.3 is 0 Å². The van der Waals surface area contributed by atoms with Gasteiger partial charge in [0.05, 0.1) is 0 Å². The molecule has 27 heavy (non-hydrogen) atoms. The Kier molecular flexibility index (Phi) is 4.87. The van der Waals surface area contributed by atoms with E-state index >= 15 is 0 Å². The molecule has 0 saturated carbocycles. The van der Waals surface area contributed by atoms with E-state index in [2.05, 4.69) is 15.5 Å². The first-order chi connectivity index (χ1) is 13.1. The highest BCUT2D eigenvalue weighted by Crippen LogP contribution is 2.34. The van der Waals surface area contributed by atoms with Crippen LogP contribution < -0.4 is 10.2 Å². The summed E-state index contributed by atoms with van der Waals surface area (Å²) in [7, 11) is 0. The quantitative estimate of drug-likeness (QED) is 0.721. The molecule has 1 fully saturated rings. The second-order valence-electron chi connectivity index (χ2n) is 6.15. The second kappa shape index (κ2) is 7.46. The third-order valence-electron chi connectivity index (χ3n) is 4.29. The smallest absolute Gasteiger partial charge is 0.257 e. The third kappa shape index (κ3) is 3.84. The van der Waals surface area contributed by atoms with Gasteiger partial charge in [0.1, 0.15) is 5.01 Å². The molecule has 1 aliphatic heterocycles. The monoisotopic (exact) mass is 398 g/mol. The van der Waals surface area contributed by atoms with Gasteiger partial charge in [-0.1, -0.05) is 47.2 Å². The second-order valence-corrected chi connectivity index (χ2v) is 7.60. The highest BCUT2D eigenvalue weighted by atomic mass is 35.5. The lowest BCUT2D eigenvalue weighted by molar-refractivity contribution is -0.117. The summed E-state index contributed by atoms with van der Waals surface area (Å²) in [5.74, 6) is -0.272. The summed E-state index contributed by atoms with van der Waals surface area (Å²) in [5.41, 5.74) is 1.33. The van der Waals surface area contributed by atoms with Crippen molar-refractivity contribution in [1.82, 2.24) is 10.2 Å². The minimum absolute atomic E-state index is 0.0352. The van der Waals surface area contributed by atoms with Gasteiger partial charge in [-0.05, 0) is 30.3 Å². The highest BCUT2D eigenvalue weighted by molar-refractivity contribution is 7.15. The van der Waals surface area contributed by atoms with Crippen molar-refractivity contribution in [3.8, 4) is 0 Å². The predicted molar refractivity (Wildman–Crippen MR) is 105 cm³/mol. The van der Waals surface area contributed by atoms with Crippen LogP contribution in [0.25, 0.3) is 0 Å². The maximum atomic E-state index is 12.4. The number of aromatic nitrogens is 2. The number of anilines is 2. The van der Waals surface area contributed by atoms with E-state index in [1.807, 2.05) is 30.3 Å². The first kappa shape index (κ1) is 17.6. The number of para-hydroxylation sites is 1. The van der Waals surface area contributed by atoms with Crippen molar-refractivity contribution in [3.05, 3.63) is 70.2 Å². The number of hydrogen-bond acceptors (Lipinski definition) is 5. The molecule has 0 aliphatic carbocycles. The Bertz CT molecular complexity index is 992. The molecule has 4 rings (SSSR count). The fourth-order valence-electron chi connectivity index (χ4n) is 2.98. The Labute approximate surface area is 164 Å². The van der Waals surface area contributed by atoms with E-state index in [-0.39, 0.29) is 17.7 Å². The van der Waals surface area contributed by atoms with Crippen molar-refractivity contribution < 1.29 is 9.59 Å². The van der Waals surface area contributed by atoms with Crippen LogP contribution >= 0.6 is 22.9 Å². The van der Waals surface area contributed by atoms with E-state index in [1.165, 1.54) is 11.3 Å². The van der Waals surface area contributed by atoms with E-state index in [0.29, 0.717) is 28.7 Å². The minimum Gasteiger partial charge on any atom is -0.312 e. The Morgan fingerprint density at radius 2 is 1.96 bits per heavy atom. The summed E-state index contributed by atoms with van der Waals surface area (Å²) in [5, 5.41) is 12.6. The Hall–Kier alpha value is -2.77. The van der Waals surface area contributed by atoms with Crippen LogP contribution in [0.3, 0.4) is 0 Å². The molecule has 3 aromatic rings. The standard InChI is InChI=1S/C19H15ClN4O2S/c20-14-6-4-5-12(9-14)17(26)21-19-23-22-18(27-19)13-10-16(25)24(11-13)15-7-2-1-3-8-15/h1-9,13H,10-11H2,(H,21,23,26)/t13-/m0/s1. The Morgan fingerprint density at radius 1 is 1.15 bits per heavy atom. The minimum atomic E-state index is -0.298. The van der Waals surface area contributed by atoms with Gasteiger partial charge in [0, 0.05) is 35.2 Å². The number of nitrogens with zero attached hydrogens (tertiary/aromatic N) is 3. The number of carbonyl (C=O) groups excluding carboxylic acids is 2. The average molecular weight is 399 g/mol. The SMILES string of the molecule is O=C(Nc1nnc([C@H]2CC(=O)N(c3ccccc3)C2)s1)c1cccc(Cl)c1. The maximum absolute atomic E-state index is 12.4. The third-order valence-corrected chi connectivity index (χ3v) is 5.53. The molecule has 1 aliphatic rings. The molecule has 2 heterocycles. The molecule has 2 amide bonds. The topological polar surface area (TPSA) is 75.2 Å². The van der Waals surface area contributed by atoms with Crippen LogP contribution in [0.4, 0.5) is 10.8 Å². The molecule has 0 spiro atoms. The molecular weight excluding hydrogens is 384 g/mol. The van der Waals surface area contributed by atoms with E-state index < -0.39 is 0 Å². The van der Waals surface area contributed by atoms with Crippen LogP contribution in [-0.2, 0) is 4.79 Å². The summed E-state index contributed by atoms with van der Waals surface area (Å²) >= 11 is 7.21. The van der Waals surface area contributed by atoms with E-state index in [9.17, 15) is 9.59 Å². The zero-order valence-corrected chi connectivity index (χ0v) is 15.7. The van der Waals surface area contributed by atoms with Crippen LogP contribution in [0.1, 0.15) is 27.7 Å². The van der Waals surface area contributed by atoms with Crippen molar-refractivity contribution in [3.63, 3.8) is 0 Å². The molecule has 0 unspecified atom stereocenters. The fourth-order valence-corrected chi connectivity index (χ4v) is 4.00. The number of benzene rings is 2. The van der Waals surface area contributed by atoms with Gasteiger partial charge in [-0.2, -0.15) is 0 Å². The van der Waals surface area contributed by atoms with E-state index in [0.717, 1.165) is 10.7 Å². The summed E-state index contributed by atoms with van der Waals surface area (Å²) in [6.07, 6.45) is 0.381. The number of rotatable bonds is 4. The molecule has 2 aromatic carbocycles. The summed E-state index contributed by atoms with van der Waals surface area (Å²) < 4.78 is 0. The number of amides is 2. The van der Waals surface area contributed by atoms with Crippen LogP contribution in [0.2, 0.25) is 5.02 Å². The molecule has 1 N–H and O–H groups in total. The molecule has 1 aromatic heterocycles. The predicted octanol–water partition coefficient (Wildman–Crippen LogP) is 3.96. The lowest BCUT2D eigenvalue weighted by Crippen LogP contribution is -2.24. The van der Waals surface area contributed by atoms with E-state index in [1.54, 1.807) is 29.2 Å². The normalized spacial score (nSPS) is 16.6. The lowest BCUT2D eigenvalue weighted by atomic mass is 10.1. The number of nitrogens with one attached hydrogen (secondary N) is 1. The molecule has 0 bridgehead atoms. The van der Waals surface area contributed by atoms with Crippen molar-refractivity contribution in [2.75, 3.05) is 16.8 Å². The summed E-state index contributed by atoms with van der Waals surface area (Å²) in [4.78, 5) is 26.4. The summed E-state index contributed by atoms with van der Waals surface area (Å²) in [6.45, 7) is 0.555. The van der Waals surface area contributed by atoms with Gasteiger partial charge in [0.25, 0.3) is 5.91 Å². The lowest BCUT2D eigenvalue weighted by Gasteiger charge is -2.15. The molecule has 1 saturated heterocycles. The van der Waals surface area contributed by atoms with Gasteiger partial charge in [-0.15, -0.1) is 10.2 Å². The Balaban J connectivity index is 1.45. The first-order valence-electron chi connectivity index (χ1n) is 8.36. The molecule has 1 atom stereocenters. The molecule has 136 valence electrons. The van der Waals surface area contributed by atoms with Gasteiger partial charge in [0.15, 0.2) is 0 Å². The van der Waals surface area contributed by atoms with E-state index in [4.69, 9.17) is 11.6 Å². The average Bonchev–Trinajstić information content (AvgIpc) is 3.29. The van der Waals surface area contributed by atoms with Crippen LogP contribution in [0.5, 0.6) is 0 Å². The molecular formula is C19H15ClN4O2S. The van der Waals surface area contributed by atoms with Crippen molar-refractivity contribution >= 4 is 45.6 Å². The van der Waals surface area contributed by atoms with Gasteiger partial charge in [-0.3, -0.25) is 14.9 Å². The van der Waals surface area contributed by atoms with Crippen LogP contribution in [0, 0.1) is 0 Å². The van der Waals surface area contributed by atoms with Crippen molar-refractivity contribution in [2.24, 2.45) is 0 Å². The van der Waals surface area contributed by atoms with Gasteiger partial charge in [0.2, 0.25) is 11.0 Å². The molecule has 0 radical (unpaired) electrons. The zero-order chi connectivity index (χ0) is 18.8. The molecule has 8 heteroatoms. The number of halogens is 1. The zero-order valence-electron chi connectivity index (χ0n) is 14.1. The van der Waals surface area contributed by atoms with Crippen molar-refractivity contribution in [1.29, 1.82) is 0 Å². The molecule has 6 nitrogen and oxygen atoms in total. The number of hydrogen-bond donors (Lipinski definition) is 1. The van der Waals surface area contributed by atoms with Crippen LogP contribution in [-0.4, -0.2) is 28.6 Å². The van der Waals surface area contributed by atoms with Gasteiger partial charge < -0.3 is 4.90 Å². The van der Waals surface area contributed by atoms with Crippen molar-refractivity contribution in [2.45, 2.75) is 12.3 Å². The summed E-state index contributed by atoms with van der Waals surface area (Å²) in [6, 6.07) is 16.2. The number of carbonyl (C=O) groups is 2. The first-order valence-corrected chi connectivity index (χ1v) is 9.55. The highest BCUT2D eigenvalue weighted by Gasteiger charge is 2.33. The van der Waals surface area contributed by atoms with Crippen LogP contribution in [0.15, 0.2) is 54.6 Å².